The van der Waals surface area contributed by atoms with E-state index in [4.69, 9.17) is 0 Å². The zero-order chi connectivity index (χ0) is 15.8. The van der Waals surface area contributed by atoms with Crippen LogP contribution in [0.15, 0.2) is 24.8 Å². The molecule has 2 aromatic rings. The van der Waals surface area contributed by atoms with Crippen molar-refractivity contribution in [1.82, 2.24) is 19.9 Å². The first kappa shape index (κ1) is 17.0. The molecule has 0 bridgehead atoms. The molecule has 6 nitrogen and oxygen atoms in total. The van der Waals surface area contributed by atoms with Gasteiger partial charge in [-0.05, 0) is 20.8 Å². The highest BCUT2D eigenvalue weighted by Gasteiger charge is 2.03. The summed E-state index contributed by atoms with van der Waals surface area (Å²) in [4.78, 5) is 37.2. The van der Waals surface area contributed by atoms with Gasteiger partial charge < -0.3 is 0 Å². The minimum Gasteiger partial charge on any atom is -0.294 e. The smallest absolute Gasteiger partial charge is 0.176 e. The average molecular weight is 351 g/mol. The molecule has 0 fully saturated rings. The number of halogens is 1. The van der Waals surface area contributed by atoms with Crippen molar-refractivity contribution in [2.75, 3.05) is 5.33 Å². The predicted molar refractivity (Wildman–Crippen MR) is 81.7 cm³/mol. The maximum Gasteiger partial charge on any atom is 0.176 e. The van der Waals surface area contributed by atoms with Crippen molar-refractivity contribution in [2.45, 2.75) is 20.8 Å². The molecule has 0 atom stereocenters. The van der Waals surface area contributed by atoms with Gasteiger partial charge in [0.25, 0.3) is 0 Å². The zero-order valence-corrected chi connectivity index (χ0v) is 13.6. The van der Waals surface area contributed by atoms with Gasteiger partial charge in [-0.3, -0.25) is 9.59 Å². The molecule has 0 spiro atoms. The Kier molecular flexibility index (Phi) is 6.74. The van der Waals surface area contributed by atoms with E-state index < -0.39 is 0 Å². The van der Waals surface area contributed by atoms with Crippen LogP contribution in [0.5, 0.6) is 0 Å². The summed E-state index contributed by atoms with van der Waals surface area (Å²) in [6.07, 6.45) is 6.13. The van der Waals surface area contributed by atoms with Crippen LogP contribution in [0.3, 0.4) is 0 Å². The fraction of sp³-hybridized carbons (Fsp3) is 0.286. The average Bonchev–Trinajstić information content (AvgIpc) is 2.48. The first-order chi connectivity index (χ1) is 9.93. The summed E-state index contributed by atoms with van der Waals surface area (Å²) in [6, 6.07) is 0. The number of nitrogens with zero attached hydrogens (tertiary/aromatic N) is 4. The van der Waals surface area contributed by atoms with E-state index >= 15 is 0 Å². The van der Waals surface area contributed by atoms with E-state index in [-0.39, 0.29) is 11.6 Å². The van der Waals surface area contributed by atoms with Gasteiger partial charge in [-0.1, -0.05) is 15.9 Å². The summed E-state index contributed by atoms with van der Waals surface area (Å²) in [5.74, 6) is 1.37. The van der Waals surface area contributed by atoms with E-state index in [0.29, 0.717) is 28.1 Å². The van der Waals surface area contributed by atoms with Gasteiger partial charge in [0.15, 0.2) is 11.6 Å². The summed E-state index contributed by atoms with van der Waals surface area (Å²) in [5.41, 5.74) is 1.11. The molecule has 0 N–H and O–H groups in total. The first-order valence-corrected chi connectivity index (χ1v) is 7.23. The topological polar surface area (TPSA) is 85.7 Å². The van der Waals surface area contributed by atoms with Crippen LogP contribution >= 0.6 is 15.9 Å². The third-order valence-electron chi connectivity index (χ3n) is 2.41. The van der Waals surface area contributed by atoms with Gasteiger partial charge in [0.1, 0.15) is 11.6 Å². The number of hydrogen-bond donors (Lipinski definition) is 0. The molecule has 0 saturated heterocycles. The molecular weight excluding hydrogens is 336 g/mol. The van der Waals surface area contributed by atoms with Gasteiger partial charge in [-0.2, -0.15) is 0 Å². The molecule has 0 aliphatic rings. The SMILES string of the molecule is CC(=O)c1cnc(C)nc1.Cc1ncc(C(=O)CBr)cn1. The van der Waals surface area contributed by atoms with Crippen LogP contribution in [0.4, 0.5) is 0 Å². The molecule has 0 radical (unpaired) electrons. The quantitative estimate of drug-likeness (QED) is 0.623. The standard InChI is InChI=1S/C7H7BrN2O.C7H8N2O/c1-5-9-3-6(4-10-5)7(11)2-8;1-5(10)7-3-8-6(2)9-4-7/h3-4H,2H2,1H3;3-4H,1-2H3. The van der Waals surface area contributed by atoms with Gasteiger partial charge in [0, 0.05) is 24.8 Å². The Morgan fingerprint density at radius 1 is 0.905 bits per heavy atom. The van der Waals surface area contributed by atoms with Crippen LogP contribution in [-0.2, 0) is 0 Å². The van der Waals surface area contributed by atoms with E-state index in [2.05, 4.69) is 35.9 Å². The lowest BCUT2D eigenvalue weighted by Gasteiger charge is -1.94. The van der Waals surface area contributed by atoms with Gasteiger partial charge in [-0.25, -0.2) is 19.9 Å². The Bertz CT molecular complexity index is 612. The van der Waals surface area contributed by atoms with Crippen LogP contribution in [0.2, 0.25) is 0 Å². The summed E-state index contributed by atoms with van der Waals surface area (Å²) in [5, 5.41) is 0.319. The Labute approximate surface area is 131 Å². The molecule has 2 heterocycles. The molecule has 2 aromatic heterocycles. The second kappa shape index (κ2) is 8.31. The van der Waals surface area contributed by atoms with Crippen molar-refractivity contribution in [3.63, 3.8) is 0 Å². The number of aryl methyl sites for hydroxylation is 2. The number of aromatic nitrogens is 4. The fourth-order valence-corrected chi connectivity index (χ4v) is 1.51. The van der Waals surface area contributed by atoms with E-state index in [1.807, 2.05) is 0 Å². The number of rotatable bonds is 3. The Hall–Kier alpha value is -2.02. The molecule has 0 aliphatic heterocycles. The summed E-state index contributed by atoms with van der Waals surface area (Å²) < 4.78 is 0. The van der Waals surface area contributed by atoms with Gasteiger partial charge in [-0.15, -0.1) is 0 Å². The molecule has 0 saturated carbocycles. The van der Waals surface area contributed by atoms with Gasteiger partial charge in [0.05, 0.1) is 16.5 Å². The van der Waals surface area contributed by atoms with E-state index in [1.54, 1.807) is 13.8 Å². The maximum absolute atomic E-state index is 11.0. The molecule has 21 heavy (non-hydrogen) atoms. The number of hydrogen-bond acceptors (Lipinski definition) is 6. The molecule has 7 heteroatoms. The lowest BCUT2D eigenvalue weighted by Crippen LogP contribution is -2.01. The molecule has 110 valence electrons. The zero-order valence-electron chi connectivity index (χ0n) is 12.0. The first-order valence-electron chi connectivity index (χ1n) is 6.11. The number of ketones is 2. The summed E-state index contributed by atoms with van der Waals surface area (Å²) in [6.45, 7) is 5.06. The normalized spacial score (nSPS) is 9.52. The molecule has 0 aromatic carbocycles. The van der Waals surface area contributed by atoms with E-state index in [1.165, 1.54) is 31.7 Å². The summed E-state index contributed by atoms with van der Waals surface area (Å²) >= 11 is 3.06. The number of carbonyl (C=O) groups is 2. The van der Waals surface area contributed by atoms with Crippen LogP contribution in [0.25, 0.3) is 0 Å². The van der Waals surface area contributed by atoms with Crippen LogP contribution in [0.1, 0.15) is 39.3 Å². The van der Waals surface area contributed by atoms with Crippen LogP contribution in [0, 0.1) is 13.8 Å². The highest BCUT2D eigenvalue weighted by atomic mass is 79.9. The molecular formula is C14H15BrN4O2. The van der Waals surface area contributed by atoms with Crippen LogP contribution < -0.4 is 0 Å². The van der Waals surface area contributed by atoms with Crippen LogP contribution in [-0.4, -0.2) is 36.8 Å². The predicted octanol–water partition coefficient (Wildman–Crippen LogP) is 2.35. The van der Waals surface area contributed by atoms with Crippen molar-refractivity contribution in [2.24, 2.45) is 0 Å². The lowest BCUT2D eigenvalue weighted by atomic mass is 10.2. The molecule has 0 amide bonds. The largest absolute Gasteiger partial charge is 0.294 e. The van der Waals surface area contributed by atoms with Gasteiger partial charge in [0.2, 0.25) is 0 Å². The van der Waals surface area contributed by atoms with E-state index in [0.717, 1.165) is 0 Å². The molecule has 2 rings (SSSR count). The highest BCUT2D eigenvalue weighted by Crippen LogP contribution is 1.99. The molecule has 0 aliphatic carbocycles. The second-order valence-electron chi connectivity index (χ2n) is 4.15. The Morgan fingerprint density at radius 2 is 1.29 bits per heavy atom. The van der Waals surface area contributed by atoms with Crippen molar-refractivity contribution in [1.29, 1.82) is 0 Å². The maximum atomic E-state index is 11.0. The van der Waals surface area contributed by atoms with Gasteiger partial charge >= 0.3 is 0 Å². The lowest BCUT2D eigenvalue weighted by molar-refractivity contribution is 0.101. The third kappa shape index (κ3) is 5.86. The minimum atomic E-state index is 0.000000000000000444. The fourth-order valence-electron chi connectivity index (χ4n) is 1.19. The van der Waals surface area contributed by atoms with Crippen molar-refractivity contribution >= 4 is 27.5 Å². The van der Waals surface area contributed by atoms with Crippen molar-refractivity contribution in [3.05, 3.63) is 47.6 Å². The second-order valence-corrected chi connectivity index (χ2v) is 4.71. The number of carbonyl (C=O) groups excluding carboxylic acids is 2. The minimum absolute atomic E-state index is 0.000000000000000444. The Morgan fingerprint density at radius 3 is 1.62 bits per heavy atom. The summed E-state index contributed by atoms with van der Waals surface area (Å²) in [7, 11) is 0. The van der Waals surface area contributed by atoms with Crippen molar-refractivity contribution in [3.8, 4) is 0 Å². The monoisotopic (exact) mass is 350 g/mol. The molecule has 0 unspecified atom stereocenters. The highest BCUT2D eigenvalue weighted by molar-refractivity contribution is 9.09. The third-order valence-corrected chi connectivity index (χ3v) is 2.92. The van der Waals surface area contributed by atoms with Crippen molar-refractivity contribution < 1.29 is 9.59 Å². The van der Waals surface area contributed by atoms with E-state index in [9.17, 15) is 9.59 Å². The number of alkyl halides is 1. The number of Topliss-reactive ketones (excluding diaryl/α,β-unsaturated/α-hetero) is 2. The Balaban J connectivity index is 0.000000211.